The van der Waals surface area contributed by atoms with E-state index in [1.165, 1.54) is 0 Å². The molecule has 0 spiro atoms. The van der Waals surface area contributed by atoms with Crippen molar-refractivity contribution in [1.82, 2.24) is 4.90 Å². The fourth-order valence-corrected chi connectivity index (χ4v) is 6.18. The smallest absolute Gasteiger partial charge is 0.326 e. The first-order chi connectivity index (χ1) is 10.8. The average molecular weight is 453 g/mol. The Morgan fingerprint density at radius 2 is 1.57 bits per heavy atom. The maximum atomic E-state index is 12.7. The number of carbonyl (C=O) groups is 4. The largest absolute Gasteiger partial charge is 0.481 e. The van der Waals surface area contributed by atoms with Crippen LogP contribution in [0.5, 0.6) is 0 Å². The summed E-state index contributed by atoms with van der Waals surface area (Å²) in [7, 11) is 0. The van der Waals surface area contributed by atoms with Crippen LogP contribution in [0.25, 0.3) is 0 Å². The zero-order valence-electron chi connectivity index (χ0n) is 11.9. The topological polar surface area (TPSA) is 112 Å². The number of alkyl halides is 2. The molecule has 3 fully saturated rings. The predicted molar refractivity (Wildman–Crippen MR) is 84.2 cm³/mol. The molecular formula is C14H15Br2NO6. The molecular weight excluding hydrogens is 438 g/mol. The minimum absolute atomic E-state index is 0.00439. The van der Waals surface area contributed by atoms with Crippen molar-refractivity contribution < 1.29 is 29.4 Å². The SMILES string of the molecule is O=C(O)CC[C@H](C(=O)O)N1C(=O)[C@@H]2[C@@H]3C[C@@H]([C@H](Br)[C@H]3Br)[C@@H]2C1=O. The molecule has 0 unspecified atom stereocenters. The first-order valence-corrected chi connectivity index (χ1v) is 9.18. The Bertz CT molecular complexity index is 564. The van der Waals surface area contributed by atoms with E-state index in [0.29, 0.717) is 0 Å². The predicted octanol–water partition coefficient (Wildman–Crippen LogP) is 1.08. The summed E-state index contributed by atoms with van der Waals surface area (Å²) in [5, 5.41) is 18.1. The highest BCUT2D eigenvalue weighted by atomic mass is 79.9. The molecule has 2 amide bonds. The molecule has 0 aromatic carbocycles. The molecule has 1 saturated heterocycles. The lowest BCUT2D eigenvalue weighted by molar-refractivity contribution is -0.156. The molecule has 7 atom stereocenters. The third-order valence-corrected chi connectivity index (χ3v) is 8.46. The van der Waals surface area contributed by atoms with Crippen molar-refractivity contribution in [2.24, 2.45) is 23.7 Å². The molecule has 2 aliphatic carbocycles. The Kier molecular flexibility index (Phi) is 4.29. The van der Waals surface area contributed by atoms with Gasteiger partial charge in [0.05, 0.1) is 11.8 Å². The third-order valence-electron chi connectivity index (χ3n) is 5.25. The van der Waals surface area contributed by atoms with Crippen molar-refractivity contribution in [3.05, 3.63) is 0 Å². The summed E-state index contributed by atoms with van der Waals surface area (Å²) in [5.41, 5.74) is 0. The summed E-state index contributed by atoms with van der Waals surface area (Å²) in [5.74, 6) is -4.39. The van der Waals surface area contributed by atoms with Gasteiger partial charge in [0.15, 0.2) is 0 Å². The molecule has 2 bridgehead atoms. The van der Waals surface area contributed by atoms with E-state index in [1.54, 1.807) is 0 Å². The molecule has 0 radical (unpaired) electrons. The van der Waals surface area contributed by atoms with Crippen molar-refractivity contribution in [2.75, 3.05) is 0 Å². The average Bonchev–Trinajstić information content (AvgIpc) is 3.06. The summed E-state index contributed by atoms with van der Waals surface area (Å²) in [4.78, 5) is 48.5. The van der Waals surface area contributed by atoms with Crippen LogP contribution in [0.15, 0.2) is 0 Å². The van der Waals surface area contributed by atoms with Gasteiger partial charge >= 0.3 is 11.9 Å². The van der Waals surface area contributed by atoms with Gasteiger partial charge in [-0.05, 0) is 24.7 Å². The van der Waals surface area contributed by atoms with E-state index < -0.39 is 48.1 Å². The number of likely N-dealkylation sites (tertiary alicyclic amines) is 1. The van der Waals surface area contributed by atoms with Gasteiger partial charge in [0.25, 0.3) is 0 Å². The third kappa shape index (κ3) is 2.43. The van der Waals surface area contributed by atoms with Crippen molar-refractivity contribution in [3.63, 3.8) is 0 Å². The molecule has 0 aromatic rings. The second kappa shape index (κ2) is 5.84. The van der Waals surface area contributed by atoms with Crippen molar-refractivity contribution in [2.45, 2.75) is 35.0 Å². The summed E-state index contributed by atoms with van der Waals surface area (Å²) in [6, 6.07) is -1.40. The van der Waals surface area contributed by atoms with Crippen LogP contribution in [0.2, 0.25) is 0 Å². The zero-order valence-corrected chi connectivity index (χ0v) is 15.1. The molecule has 23 heavy (non-hydrogen) atoms. The number of hydrogen-bond donors (Lipinski definition) is 2. The van der Waals surface area contributed by atoms with Crippen LogP contribution in [-0.2, 0) is 19.2 Å². The molecule has 1 heterocycles. The van der Waals surface area contributed by atoms with Gasteiger partial charge in [-0.1, -0.05) is 31.9 Å². The number of imide groups is 1. The maximum absolute atomic E-state index is 12.7. The van der Waals surface area contributed by atoms with Gasteiger partial charge in [-0.2, -0.15) is 0 Å². The van der Waals surface area contributed by atoms with E-state index in [9.17, 15) is 24.3 Å². The highest BCUT2D eigenvalue weighted by Gasteiger charge is 2.67. The molecule has 1 aliphatic heterocycles. The summed E-state index contributed by atoms with van der Waals surface area (Å²) in [6.07, 6.45) is 0.0874. The van der Waals surface area contributed by atoms with Crippen LogP contribution in [0.3, 0.4) is 0 Å². The monoisotopic (exact) mass is 451 g/mol. The van der Waals surface area contributed by atoms with E-state index in [1.807, 2.05) is 0 Å². The normalized spacial score (nSPS) is 39.7. The highest BCUT2D eigenvalue weighted by Crippen LogP contribution is 2.60. The van der Waals surface area contributed by atoms with Gasteiger partial charge in [0.1, 0.15) is 6.04 Å². The van der Waals surface area contributed by atoms with Crippen molar-refractivity contribution in [3.8, 4) is 0 Å². The first-order valence-electron chi connectivity index (χ1n) is 7.35. The number of hydrogen-bond acceptors (Lipinski definition) is 4. The van der Waals surface area contributed by atoms with Crippen LogP contribution < -0.4 is 0 Å². The quantitative estimate of drug-likeness (QED) is 0.476. The number of amides is 2. The summed E-state index contributed by atoms with van der Waals surface area (Å²) < 4.78 is 0. The van der Waals surface area contributed by atoms with Crippen LogP contribution in [0.4, 0.5) is 0 Å². The lowest BCUT2D eigenvalue weighted by Crippen LogP contribution is -2.46. The van der Waals surface area contributed by atoms with Crippen LogP contribution >= 0.6 is 31.9 Å². The second-order valence-electron chi connectivity index (χ2n) is 6.34. The van der Waals surface area contributed by atoms with Crippen LogP contribution in [0.1, 0.15) is 19.3 Å². The second-order valence-corrected chi connectivity index (χ2v) is 8.45. The van der Waals surface area contributed by atoms with Gasteiger partial charge in [-0.15, -0.1) is 0 Å². The minimum atomic E-state index is -1.40. The van der Waals surface area contributed by atoms with E-state index >= 15 is 0 Å². The van der Waals surface area contributed by atoms with Gasteiger partial charge in [-0.25, -0.2) is 4.79 Å². The molecule has 3 rings (SSSR count). The Morgan fingerprint density at radius 3 is 1.96 bits per heavy atom. The lowest BCUT2D eigenvalue weighted by atomic mass is 9.81. The Balaban J connectivity index is 1.87. The standard InChI is InChI=1S/C14H15Br2NO6/c15-10-4-3-5(11(10)16)9-8(4)12(20)17(13(9)21)6(14(22)23)1-2-7(18)19/h4-6,8-11H,1-3H2,(H,18,19)(H,22,23)/t4-,5+,6-,8+,9-,10+,11+/m1/s1. The molecule has 3 aliphatic rings. The molecule has 126 valence electrons. The molecule has 0 aromatic heterocycles. The van der Waals surface area contributed by atoms with Crippen LogP contribution in [0, 0.1) is 23.7 Å². The van der Waals surface area contributed by atoms with Crippen molar-refractivity contribution in [1.29, 1.82) is 0 Å². The highest BCUT2D eigenvalue weighted by molar-refractivity contribution is 9.12. The number of carboxylic acids is 2. The zero-order chi connectivity index (χ0) is 17.0. The maximum Gasteiger partial charge on any atom is 0.326 e. The molecule has 9 heteroatoms. The molecule has 2 N–H and O–H groups in total. The number of aliphatic carboxylic acids is 2. The van der Waals surface area contributed by atoms with Gasteiger partial charge < -0.3 is 10.2 Å². The van der Waals surface area contributed by atoms with E-state index in [-0.39, 0.29) is 27.9 Å². The number of carboxylic acid groups (broad SMARTS) is 2. The van der Waals surface area contributed by atoms with Gasteiger partial charge in [0.2, 0.25) is 11.8 Å². The Hall–Kier alpha value is -0.960. The lowest BCUT2D eigenvalue weighted by Gasteiger charge is -2.28. The van der Waals surface area contributed by atoms with E-state index in [0.717, 1.165) is 11.3 Å². The van der Waals surface area contributed by atoms with Gasteiger partial charge in [0, 0.05) is 16.1 Å². The van der Waals surface area contributed by atoms with E-state index in [4.69, 9.17) is 5.11 Å². The number of carbonyl (C=O) groups excluding carboxylic acids is 2. The fraction of sp³-hybridized carbons (Fsp3) is 0.714. The number of fused-ring (bicyclic) bond motifs is 5. The van der Waals surface area contributed by atoms with Crippen LogP contribution in [-0.4, -0.2) is 54.6 Å². The number of rotatable bonds is 5. The summed E-state index contributed by atoms with van der Waals surface area (Å²) >= 11 is 7.11. The molecule has 7 nitrogen and oxygen atoms in total. The first kappa shape index (κ1) is 16.9. The number of nitrogens with zero attached hydrogens (tertiary/aromatic N) is 1. The molecule has 2 saturated carbocycles. The van der Waals surface area contributed by atoms with Gasteiger partial charge in [-0.3, -0.25) is 19.3 Å². The fourth-order valence-electron chi connectivity index (χ4n) is 4.30. The van der Waals surface area contributed by atoms with Crippen molar-refractivity contribution >= 4 is 55.6 Å². The minimum Gasteiger partial charge on any atom is -0.481 e. The number of halogens is 2. The van der Waals surface area contributed by atoms with E-state index in [2.05, 4.69) is 31.9 Å². The Labute approximate surface area is 148 Å². The Morgan fingerprint density at radius 1 is 1.09 bits per heavy atom. The summed E-state index contributed by atoms with van der Waals surface area (Å²) in [6.45, 7) is 0.